The maximum atomic E-state index is 13.5. The van der Waals surface area contributed by atoms with Crippen LogP contribution in [-0.4, -0.2) is 40.6 Å². The summed E-state index contributed by atoms with van der Waals surface area (Å²) in [6, 6.07) is 6.14. The van der Waals surface area contributed by atoms with Crippen molar-refractivity contribution in [3.63, 3.8) is 0 Å². The zero-order chi connectivity index (χ0) is 16.9. The molecule has 2 aliphatic rings. The lowest BCUT2D eigenvalue weighted by Gasteiger charge is -2.26. The van der Waals surface area contributed by atoms with Crippen molar-refractivity contribution in [3.05, 3.63) is 41.3 Å². The van der Waals surface area contributed by atoms with E-state index >= 15 is 0 Å². The lowest BCUT2D eigenvalue weighted by molar-refractivity contribution is 0.0736. The average Bonchev–Trinajstić information content (AvgIpc) is 3.10. The van der Waals surface area contributed by atoms with Gasteiger partial charge >= 0.3 is 0 Å². The first-order chi connectivity index (χ1) is 11.5. The molecule has 1 amide bonds. The number of hydrogen-bond donors (Lipinski definition) is 1. The molecule has 2 fully saturated rings. The van der Waals surface area contributed by atoms with Gasteiger partial charge in [0.15, 0.2) is 0 Å². The van der Waals surface area contributed by atoms with Crippen molar-refractivity contribution >= 4 is 16.8 Å². The molecular weight excluding hydrogens is 307 g/mol. The number of aliphatic hydroxyl groups excluding tert-OH is 1. The molecule has 2 aromatic rings. The number of likely N-dealkylation sites (tertiary alicyclic amines) is 1. The molecule has 5 heteroatoms. The van der Waals surface area contributed by atoms with Gasteiger partial charge in [0.25, 0.3) is 5.91 Å². The summed E-state index contributed by atoms with van der Waals surface area (Å²) >= 11 is 0. The van der Waals surface area contributed by atoms with Crippen LogP contribution in [-0.2, 0) is 0 Å². The predicted molar refractivity (Wildman–Crippen MR) is 89.2 cm³/mol. The maximum absolute atomic E-state index is 13.5. The Kier molecular flexibility index (Phi) is 3.57. The van der Waals surface area contributed by atoms with E-state index in [4.69, 9.17) is 0 Å². The Morgan fingerprint density at radius 2 is 2.29 bits per heavy atom. The Labute approximate surface area is 140 Å². The van der Waals surface area contributed by atoms with Gasteiger partial charge in [-0.25, -0.2) is 4.39 Å². The third-order valence-corrected chi connectivity index (χ3v) is 5.77. The van der Waals surface area contributed by atoms with E-state index in [1.165, 1.54) is 12.1 Å². The molecule has 24 heavy (non-hydrogen) atoms. The summed E-state index contributed by atoms with van der Waals surface area (Å²) in [5, 5.41) is 10.5. The van der Waals surface area contributed by atoms with Crippen molar-refractivity contribution < 1.29 is 14.3 Å². The predicted octanol–water partition coefficient (Wildman–Crippen LogP) is 2.92. The van der Waals surface area contributed by atoms with Crippen LogP contribution < -0.4 is 0 Å². The topological polar surface area (TPSA) is 53.4 Å². The number of carbonyl (C=O) groups is 1. The van der Waals surface area contributed by atoms with Crippen LogP contribution in [0.4, 0.5) is 4.39 Å². The van der Waals surface area contributed by atoms with E-state index in [9.17, 15) is 14.3 Å². The standard InChI is InChI=1S/C19H21FN2O2/c1-12-7-16(15-5-4-14(20)8-17(15)21-12)18(24)22-9-13-3-2-6-19(13,10-22)11-23/h4-5,7-8,13,23H,2-3,6,9-11H2,1H3/t13-,19+/m0/s1. The number of rotatable bonds is 2. The summed E-state index contributed by atoms with van der Waals surface area (Å²) in [6.07, 6.45) is 3.19. The number of nitrogens with zero attached hydrogens (tertiary/aromatic N) is 2. The largest absolute Gasteiger partial charge is 0.396 e. The van der Waals surface area contributed by atoms with Gasteiger partial charge in [-0.3, -0.25) is 9.78 Å². The molecule has 2 heterocycles. The second-order valence-electron chi connectivity index (χ2n) is 7.27. The van der Waals surface area contributed by atoms with E-state index in [0.29, 0.717) is 41.2 Å². The van der Waals surface area contributed by atoms with E-state index in [0.717, 1.165) is 19.3 Å². The molecule has 0 bridgehead atoms. The second kappa shape index (κ2) is 5.52. The van der Waals surface area contributed by atoms with Gasteiger partial charge in [-0.15, -0.1) is 0 Å². The number of fused-ring (bicyclic) bond motifs is 2. The van der Waals surface area contributed by atoms with Crippen LogP contribution in [0.25, 0.3) is 10.9 Å². The number of benzene rings is 1. The first-order valence-corrected chi connectivity index (χ1v) is 8.49. The normalized spacial score (nSPS) is 26.1. The average molecular weight is 328 g/mol. The van der Waals surface area contributed by atoms with Crippen LogP contribution in [0.1, 0.15) is 35.3 Å². The number of amides is 1. The summed E-state index contributed by atoms with van der Waals surface area (Å²) in [7, 11) is 0. The molecule has 1 N–H and O–H groups in total. The zero-order valence-corrected chi connectivity index (χ0v) is 13.8. The Bertz CT molecular complexity index is 817. The fourth-order valence-electron chi connectivity index (χ4n) is 4.51. The molecule has 1 saturated heterocycles. The Morgan fingerprint density at radius 1 is 1.46 bits per heavy atom. The highest BCUT2D eigenvalue weighted by molar-refractivity contribution is 6.06. The van der Waals surface area contributed by atoms with Gasteiger partial charge in [-0.05, 0) is 43.9 Å². The minimum Gasteiger partial charge on any atom is -0.396 e. The van der Waals surface area contributed by atoms with Gasteiger partial charge in [-0.2, -0.15) is 0 Å². The zero-order valence-electron chi connectivity index (χ0n) is 13.8. The molecule has 0 spiro atoms. The van der Waals surface area contributed by atoms with Crippen molar-refractivity contribution in [1.29, 1.82) is 0 Å². The third kappa shape index (κ3) is 2.30. The minimum absolute atomic E-state index is 0.0423. The molecule has 4 nitrogen and oxygen atoms in total. The highest BCUT2D eigenvalue weighted by atomic mass is 19.1. The molecule has 0 radical (unpaired) electrons. The summed E-state index contributed by atoms with van der Waals surface area (Å²) in [4.78, 5) is 19.3. The van der Waals surface area contributed by atoms with Gasteiger partial charge < -0.3 is 10.0 Å². The second-order valence-corrected chi connectivity index (χ2v) is 7.27. The maximum Gasteiger partial charge on any atom is 0.254 e. The lowest BCUT2D eigenvalue weighted by atomic mass is 9.82. The lowest BCUT2D eigenvalue weighted by Crippen LogP contribution is -2.34. The van der Waals surface area contributed by atoms with Crippen molar-refractivity contribution in [2.75, 3.05) is 19.7 Å². The van der Waals surface area contributed by atoms with Crippen LogP contribution in [0.15, 0.2) is 24.3 Å². The van der Waals surface area contributed by atoms with E-state index in [1.54, 1.807) is 12.1 Å². The fourth-order valence-corrected chi connectivity index (χ4v) is 4.51. The van der Waals surface area contributed by atoms with Crippen molar-refractivity contribution in [2.45, 2.75) is 26.2 Å². The van der Waals surface area contributed by atoms with Crippen molar-refractivity contribution in [3.8, 4) is 0 Å². The molecule has 1 aliphatic heterocycles. The van der Waals surface area contributed by atoms with Crippen molar-refractivity contribution in [1.82, 2.24) is 9.88 Å². The molecule has 0 unspecified atom stereocenters. The van der Waals surface area contributed by atoms with E-state index in [1.807, 2.05) is 11.8 Å². The van der Waals surface area contributed by atoms with Crippen molar-refractivity contribution in [2.24, 2.45) is 11.3 Å². The molecule has 1 aromatic heterocycles. The quantitative estimate of drug-likeness (QED) is 0.922. The summed E-state index contributed by atoms with van der Waals surface area (Å²) in [6.45, 7) is 3.26. The number of halogens is 1. The van der Waals surface area contributed by atoms with Gasteiger partial charge in [0.2, 0.25) is 0 Å². The van der Waals surface area contributed by atoms with E-state index in [-0.39, 0.29) is 23.7 Å². The number of hydrogen-bond acceptors (Lipinski definition) is 3. The highest BCUT2D eigenvalue weighted by Gasteiger charge is 2.50. The first-order valence-electron chi connectivity index (χ1n) is 8.49. The Balaban J connectivity index is 1.72. The number of carbonyl (C=O) groups excluding carboxylic acids is 1. The molecule has 1 saturated carbocycles. The van der Waals surface area contributed by atoms with Gasteiger partial charge in [0.05, 0.1) is 17.7 Å². The minimum atomic E-state index is -0.353. The summed E-state index contributed by atoms with van der Waals surface area (Å²) in [5.41, 5.74) is 1.66. The number of pyridine rings is 1. The Hall–Kier alpha value is -2.01. The summed E-state index contributed by atoms with van der Waals surface area (Å²) < 4.78 is 13.5. The van der Waals surface area contributed by atoms with Crippen LogP contribution >= 0.6 is 0 Å². The molecule has 2 atom stereocenters. The van der Waals surface area contributed by atoms with Crippen LogP contribution in [0, 0.1) is 24.1 Å². The van der Waals surface area contributed by atoms with Crippen LogP contribution in [0.5, 0.6) is 0 Å². The molecule has 1 aliphatic carbocycles. The number of aromatic nitrogens is 1. The fraction of sp³-hybridized carbons (Fsp3) is 0.474. The Morgan fingerprint density at radius 3 is 3.04 bits per heavy atom. The molecule has 4 rings (SSSR count). The van der Waals surface area contributed by atoms with E-state index in [2.05, 4.69) is 4.98 Å². The van der Waals surface area contributed by atoms with Crippen LogP contribution in [0.3, 0.4) is 0 Å². The number of aryl methyl sites for hydroxylation is 1. The molecule has 126 valence electrons. The number of aliphatic hydroxyl groups is 1. The van der Waals surface area contributed by atoms with E-state index < -0.39 is 0 Å². The van der Waals surface area contributed by atoms with Gasteiger partial charge in [0, 0.05) is 35.7 Å². The van der Waals surface area contributed by atoms with Gasteiger partial charge in [-0.1, -0.05) is 6.42 Å². The monoisotopic (exact) mass is 328 g/mol. The molecule has 1 aromatic carbocycles. The third-order valence-electron chi connectivity index (χ3n) is 5.77. The summed E-state index contributed by atoms with van der Waals surface area (Å²) in [5.74, 6) is -0.00800. The van der Waals surface area contributed by atoms with Gasteiger partial charge in [0.1, 0.15) is 5.82 Å². The SMILES string of the molecule is Cc1cc(C(=O)N2C[C@@H]3CCC[C@]3(CO)C2)c2ccc(F)cc2n1. The molecular formula is C19H21FN2O2. The highest BCUT2D eigenvalue weighted by Crippen LogP contribution is 2.48. The first kappa shape index (κ1) is 15.5. The van der Waals surface area contributed by atoms with Crippen LogP contribution in [0.2, 0.25) is 0 Å². The smallest absolute Gasteiger partial charge is 0.254 e.